The largest absolute Gasteiger partial charge is 0.488 e. The Morgan fingerprint density at radius 2 is 1.92 bits per heavy atom. The Bertz CT molecular complexity index is 865. The number of amides is 3. The summed E-state index contributed by atoms with van der Waals surface area (Å²) in [7, 11) is 1.45. The Labute approximate surface area is 167 Å². The van der Waals surface area contributed by atoms with Crippen molar-refractivity contribution in [2.24, 2.45) is 0 Å². The minimum absolute atomic E-state index is 0.270. The minimum atomic E-state index is -0.416. The van der Waals surface area contributed by atoms with E-state index in [2.05, 4.69) is 43.8 Å². The van der Waals surface area contributed by atoms with Gasteiger partial charge in [-0.05, 0) is 64.1 Å². The van der Waals surface area contributed by atoms with Gasteiger partial charge in [0.15, 0.2) is 0 Å². The monoisotopic (exact) mass is 512 g/mol. The van der Waals surface area contributed by atoms with E-state index in [1.165, 1.54) is 7.05 Å². The molecule has 0 aromatic heterocycles. The van der Waals surface area contributed by atoms with Crippen LogP contribution in [-0.4, -0.2) is 23.9 Å². The summed E-state index contributed by atoms with van der Waals surface area (Å²) in [5.41, 5.74) is 2.17. The molecule has 5 nitrogen and oxygen atoms in total. The SMILES string of the molecule is CN1C(=O)N/C(=C/c2ccc(OCc3ccc(Br)cc3)c(I)c2)C1=O. The summed E-state index contributed by atoms with van der Waals surface area (Å²) >= 11 is 5.60. The molecule has 2 aromatic carbocycles. The number of urea groups is 1. The van der Waals surface area contributed by atoms with Crippen LogP contribution in [0.1, 0.15) is 11.1 Å². The topological polar surface area (TPSA) is 58.6 Å². The third kappa shape index (κ3) is 4.21. The molecule has 1 heterocycles. The molecule has 25 heavy (non-hydrogen) atoms. The van der Waals surface area contributed by atoms with E-state index >= 15 is 0 Å². The molecule has 1 aliphatic rings. The fraction of sp³-hybridized carbons (Fsp3) is 0.111. The Morgan fingerprint density at radius 3 is 2.52 bits per heavy atom. The summed E-state index contributed by atoms with van der Waals surface area (Å²) in [6, 6.07) is 13.2. The quantitative estimate of drug-likeness (QED) is 0.380. The number of carbonyl (C=O) groups is 2. The molecule has 0 unspecified atom stereocenters. The van der Waals surface area contributed by atoms with Crippen LogP contribution in [0, 0.1) is 3.57 Å². The highest BCUT2D eigenvalue weighted by atomic mass is 127. The number of imide groups is 1. The first-order valence-corrected chi connectivity index (χ1v) is 9.29. The third-order valence-electron chi connectivity index (χ3n) is 3.66. The number of likely N-dealkylation sites (N-methyl/N-ethyl adjacent to an activating group) is 1. The molecule has 1 fully saturated rings. The molecule has 1 aliphatic heterocycles. The van der Waals surface area contributed by atoms with Crippen molar-refractivity contribution in [3.63, 3.8) is 0 Å². The molecule has 0 radical (unpaired) electrons. The highest BCUT2D eigenvalue weighted by Crippen LogP contribution is 2.25. The lowest BCUT2D eigenvalue weighted by Gasteiger charge is -2.09. The number of ether oxygens (including phenoxy) is 1. The van der Waals surface area contributed by atoms with Crippen LogP contribution in [0.2, 0.25) is 0 Å². The molecule has 128 valence electrons. The number of rotatable bonds is 4. The second-order valence-electron chi connectivity index (χ2n) is 5.46. The van der Waals surface area contributed by atoms with Crippen LogP contribution in [0.5, 0.6) is 5.75 Å². The number of carbonyl (C=O) groups excluding carboxylic acids is 2. The molecule has 7 heteroatoms. The van der Waals surface area contributed by atoms with E-state index in [4.69, 9.17) is 4.74 Å². The molecule has 0 aliphatic carbocycles. The van der Waals surface area contributed by atoms with Gasteiger partial charge in [-0.3, -0.25) is 9.69 Å². The number of nitrogens with one attached hydrogen (secondary N) is 1. The van der Waals surface area contributed by atoms with Crippen molar-refractivity contribution in [3.05, 3.63) is 67.3 Å². The Morgan fingerprint density at radius 1 is 1.20 bits per heavy atom. The number of benzene rings is 2. The van der Waals surface area contributed by atoms with Crippen LogP contribution in [0.25, 0.3) is 6.08 Å². The molecule has 3 rings (SSSR count). The molecule has 1 saturated heterocycles. The van der Waals surface area contributed by atoms with E-state index in [0.717, 1.165) is 29.8 Å². The number of hydrogen-bond donors (Lipinski definition) is 1. The molecule has 3 amide bonds. The lowest BCUT2D eigenvalue weighted by molar-refractivity contribution is -0.121. The maximum absolute atomic E-state index is 11.9. The van der Waals surface area contributed by atoms with E-state index in [0.29, 0.717) is 6.61 Å². The Kier molecular flexibility index (Phi) is 5.43. The number of halogens is 2. The van der Waals surface area contributed by atoms with Crippen LogP contribution in [0.4, 0.5) is 4.79 Å². The summed E-state index contributed by atoms with van der Waals surface area (Å²) in [4.78, 5) is 24.4. The van der Waals surface area contributed by atoms with Gasteiger partial charge in [0.25, 0.3) is 5.91 Å². The summed E-state index contributed by atoms with van der Waals surface area (Å²) < 4.78 is 7.81. The average Bonchev–Trinajstić information content (AvgIpc) is 2.83. The Balaban J connectivity index is 1.72. The first kappa shape index (κ1) is 17.9. The van der Waals surface area contributed by atoms with Crippen molar-refractivity contribution in [1.82, 2.24) is 10.2 Å². The zero-order valence-electron chi connectivity index (χ0n) is 13.3. The lowest BCUT2D eigenvalue weighted by atomic mass is 10.2. The standard InChI is InChI=1S/C18H14BrIN2O3/c1-22-17(23)15(21-18(22)24)9-12-4-7-16(14(20)8-12)25-10-11-2-5-13(19)6-3-11/h2-9H,10H2,1H3,(H,21,24)/b15-9+. The van der Waals surface area contributed by atoms with Crippen LogP contribution < -0.4 is 10.1 Å². The van der Waals surface area contributed by atoms with Gasteiger partial charge in [0.1, 0.15) is 18.1 Å². The van der Waals surface area contributed by atoms with Gasteiger partial charge in [0.2, 0.25) is 0 Å². The molecule has 1 N–H and O–H groups in total. The fourth-order valence-corrected chi connectivity index (χ4v) is 3.21. The zero-order chi connectivity index (χ0) is 18.0. The van der Waals surface area contributed by atoms with E-state index < -0.39 is 6.03 Å². The predicted molar refractivity (Wildman–Crippen MR) is 107 cm³/mol. The van der Waals surface area contributed by atoms with Crippen molar-refractivity contribution in [3.8, 4) is 5.75 Å². The molecular formula is C18H14BrIN2O3. The Hall–Kier alpha value is -1.87. The predicted octanol–water partition coefficient (Wildman–Crippen LogP) is 4.16. The molecule has 0 spiro atoms. The molecule has 0 saturated carbocycles. The van der Waals surface area contributed by atoms with Crippen molar-refractivity contribution in [1.29, 1.82) is 0 Å². The lowest BCUT2D eigenvalue weighted by Crippen LogP contribution is -2.25. The maximum atomic E-state index is 11.9. The third-order valence-corrected chi connectivity index (χ3v) is 5.03. The molecular weight excluding hydrogens is 499 g/mol. The zero-order valence-corrected chi connectivity index (χ0v) is 17.0. The van der Waals surface area contributed by atoms with Crippen molar-refractivity contribution >= 4 is 56.5 Å². The number of nitrogens with zero attached hydrogens (tertiary/aromatic N) is 1. The van der Waals surface area contributed by atoms with E-state index in [9.17, 15) is 9.59 Å². The van der Waals surface area contributed by atoms with Crippen LogP contribution >= 0.6 is 38.5 Å². The van der Waals surface area contributed by atoms with Gasteiger partial charge >= 0.3 is 6.03 Å². The van der Waals surface area contributed by atoms with Crippen molar-refractivity contribution in [2.75, 3.05) is 7.05 Å². The van der Waals surface area contributed by atoms with Gasteiger partial charge < -0.3 is 10.1 Å². The normalized spacial score (nSPS) is 15.6. The van der Waals surface area contributed by atoms with Crippen LogP contribution in [0.15, 0.2) is 52.6 Å². The van der Waals surface area contributed by atoms with Crippen molar-refractivity contribution in [2.45, 2.75) is 6.61 Å². The van der Waals surface area contributed by atoms with E-state index in [1.807, 2.05) is 42.5 Å². The molecule has 2 aromatic rings. The first-order valence-electron chi connectivity index (χ1n) is 7.41. The van der Waals surface area contributed by atoms with Crippen LogP contribution in [0.3, 0.4) is 0 Å². The van der Waals surface area contributed by atoms with Crippen LogP contribution in [-0.2, 0) is 11.4 Å². The summed E-state index contributed by atoms with van der Waals surface area (Å²) in [6.07, 6.45) is 1.66. The summed E-state index contributed by atoms with van der Waals surface area (Å²) in [5.74, 6) is 0.431. The highest BCUT2D eigenvalue weighted by Gasteiger charge is 2.29. The van der Waals surface area contributed by atoms with Gasteiger partial charge in [-0.25, -0.2) is 4.79 Å². The second kappa shape index (κ2) is 7.57. The van der Waals surface area contributed by atoms with E-state index in [1.54, 1.807) is 6.08 Å². The molecule has 0 bridgehead atoms. The summed E-state index contributed by atoms with van der Waals surface area (Å²) in [5, 5.41) is 2.55. The minimum Gasteiger partial charge on any atom is -0.488 e. The van der Waals surface area contributed by atoms with Gasteiger partial charge in [0, 0.05) is 11.5 Å². The maximum Gasteiger partial charge on any atom is 0.328 e. The van der Waals surface area contributed by atoms with Gasteiger partial charge in [0.05, 0.1) is 3.57 Å². The highest BCUT2D eigenvalue weighted by molar-refractivity contribution is 14.1. The van der Waals surface area contributed by atoms with Gasteiger partial charge in [-0.15, -0.1) is 0 Å². The molecule has 0 atom stereocenters. The number of hydrogen-bond acceptors (Lipinski definition) is 3. The summed E-state index contributed by atoms with van der Waals surface area (Å²) in [6.45, 7) is 0.475. The second-order valence-corrected chi connectivity index (χ2v) is 7.54. The average molecular weight is 513 g/mol. The fourth-order valence-electron chi connectivity index (χ4n) is 2.26. The smallest absolute Gasteiger partial charge is 0.328 e. The van der Waals surface area contributed by atoms with Gasteiger partial charge in [-0.1, -0.05) is 34.1 Å². The van der Waals surface area contributed by atoms with Crippen molar-refractivity contribution < 1.29 is 14.3 Å². The first-order chi connectivity index (χ1) is 11.9. The van der Waals surface area contributed by atoms with Gasteiger partial charge in [-0.2, -0.15) is 0 Å². The van der Waals surface area contributed by atoms with E-state index in [-0.39, 0.29) is 11.6 Å².